The minimum absolute atomic E-state index is 0.0368. The second kappa shape index (κ2) is 9.50. The summed E-state index contributed by atoms with van der Waals surface area (Å²) in [5.74, 6) is -1.56. The highest BCUT2D eigenvalue weighted by Gasteiger charge is 2.35. The van der Waals surface area contributed by atoms with E-state index in [1.54, 1.807) is 19.1 Å². The van der Waals surface area contributed by atoms with E-state index in [9.17, 15) is 23.1 Å². The quantitative estimate of drug-likeness (QED) is 0.628. The number of nitrogens with zero attached hydrogens (tertiary/aromatic N) is 2. The smallest absolute Gasteiger partial charge is 0.321 e. The third-order valence-corrected chi connectivity index (χ3v) is 5.80. The molecular weight excluding hydrogens is 346 g/mol. The highest BCUT2D eigenvalue weighted by atomic mass is 32.2. The van der Waals surface area contributed by atoms with Crippen molar-refractivity contribution in [2.45, 2.75) is 33.4 Å². The van der Waals surface area contributed by atoms with Gasteiger partial charge in [-0.25, -0.2) is 0 Å². The molecule has 0 saturated carbocycles. The summed E-state index contributed by atoms with van der Waals surface area (Å²) < 4.78 is 28.0. The number of carbonyl (C=O) groups is 2. The van der Waals surface area contributed by atoms with Crippen LogP contribution < -0.4 is 5.32 Å². The van der Waals surface area contributed by atoms with E-state index < -0.39 is 22.2 Å². The van der Waals surface area contributed by atoms with Gasteiger partial charge in [-0.15, -0.1) is 0 Å². The molecule has 9 heteroatoms. The maximum atomic E-state index is 13.0. The lowest BCUT2D eigenvalue weighted by Crippen LogP contribution is -2.52. The maximum Gasteiger partial charge on any atom is 0.321 e. The van der Waals surface area contributed by atoms with Crippen LogP contribution in [0.2, 0.25) is 0 Å². The number of hydrogen-bond acceptors (Lipinski definition) is 4. The second-order valence-electron chi connectivity index (χ2n) is 5.53. The van der Waals surface area contributed by atoms with Gasteiger partial charge < -0.3 is 10.4 Å². The molecule has 140 valence electrons. The Kier molecular flexibility index (Phi) is 8.01. The molecule has 0 aliphatic heterocycles. The average molecular weight is 371 g/mol. The molecular formula is C16H25N3O5S. The predicted octanol–water partition coefficient (Wildman–Crippen LogP) is 0.665. The van der Waals surface area contributed by atoms with Gasteiger partial charge in [0.2, 0.25) is 5.91 Å². The fourth-order valence-corrected chi connectivity index (χ4v) is 4.01. The van der Waals surface area contributed by atoms with Crippen molar-refractivity contribution in [3.05, 3.63) is 35.9 Å². The molecule has 0 aromatic heterocycles. The lowest BCUT2D eigenvalue weighted by Gasteiger charge is -2.31. The molecule has 1 aromatic carbocycles. The van der Waals surface area contributed by atoms with Gasteiger partial charge in [-0.1, -0.05) is 37.3 Å². The highest BCUT2D eigenvalue weighted by Crippen LogP contribution is 2.16. The molecule has 1 amide bonds. The van der Waals surface area contributed by atoms with Gasteiger partial charge in [0.1, 0.15) is 6.04 Å². The number of rotatable bonds is 10. The zero-order valence-electron chi connectivity index (χ0n) is 14.7. The van der Waals surface area contributed by atoms with Crippen LogP contribution in [0.25, 0.3) is 0 Å². The highest BCUT2D eigenvalue weighted by molar-refractivity contribution is 7.86. The minimum Gasteiger partial charge on any atom is -0.480 e. The van der Waals surface area contributed by atoms with Crippen molar-refractivity contribution in [2.75, 3.05) is 19.6 Å². The molecule has 0 bridgehead atoms. The number of hydrogen-bond donors (Lipinski definition) is 2. The van der Waals surface area contributed by atoms with E-state index in [0.29, 0.717) is 0 Å². The van der Waals surface area contributed by atoms with Gasteiger partial charge in [0, 0.05) is 33.1 Å². The van der Waals surface area contributed by atoms with E-state index >= 15 is 0 Å². The lowest BCUT2D eigenvalue weighted by atomic mass is 10.2. The number of carbonyl (C=O) groups excluding carboxylic acids is 1. The number of carboxylic acid groups (broad SMARTS) is 1. The van der Waals surface area contributed by atoms with E-state index in [0.717, 1.165) is 9.87 Å². The molecule has 1 rings (SSSR count). The van der Waals surface area contributed by atoms with Crippen molar-refractivity contribution in [1.82, 2.24) is 13.9 Å². The van der Waals surface area contributed by atoms with Crippen LogP contribution >= 0.6 is 0 Å². The summed E-state index contributed by atoms with van der Waals surface area (Å²) in [4.78, 5) is 22.3. The molecule has 0 aliphatic rings. The van der Waals surface area contributed by atoms with Crippen LogP contribution in [0.5, 0.6) is 0 Å². The number of aliphatic carboxylic acids is 1. The molecule has 8 nitrogen and oxygen atoms in total. The molecule has 0 spiro atoms. The Morgan fingerprint density at radius 2 is 1.84 bits per heavy atom. The number of benzene rings is 1. The largest absolute Gasteiger partial charge is 0.480 e. The van der Waals surface area contributed by atoms with E-state index in [1.807, 2.05) is 18.2 Å². The van der Waals surface area contributed by atoms with Crippen molar-refractivity contribution in [1.29, 1.82) is 0 Å². The monoisotopic (exact) mass is 371 g/mol. The summed E-state index contributed by atoms with van der Waals surface area (Å²) in [7, 11) is -4.02. The first kappa shape index (κ1) is 21.1. The molecule has 25 heavy (non-hydrogen) atoms. The van der Waals surface area contributed by atoms with Crippen LogP contribution in [0.1, 0.15) is 26.3 Å². The Labute approximate surface area is 148 Å². The summed E-state index contributed by atoms with van der Waals surface area (Å²) >= 11 is 0. The molecule has 1 atom stereocenters. The SMILES string of the molecule is CCN(Cc1ccccc1)S(=O)(=O)N(CCNC(C)=O)C(C)C(=O)O. The number of carboxylic acids is 1. The van der Waals surface area contributed by atoms with Gasteiger partial charge in [-0.2, -0.15) is 17.0 Å². The third kappa shape index (κ3) is 6.11. The fourth-order valence-electron chi connectivity index (χ4n) is 2.27. The Morgan fingerprint density at radius 3 is 2.32 bits per heavy atom. The van der Waals surface area contributed by atoms with Crippen molar-refractivity contribution in [2.24, 2.45) is 0 Å². The summed E-state index contributed by atoms with van der Waals surface area (Å²) in [6, 6.07) is 7.82. The van der Waals surface area contributed by atoms with E-state index in [2.05, 4.69) is 5.32 Å². The van der Waals surface area contributed by atoms with Crippen LogP contribution in [0, 0.1) is 0 Å². The Hall–Kier alpha value is -1.97. The van der Waals surface area contributed by atoms with Gasteiger partial charge in [0.05, 0.1) is 0 Å². The molecule has 0 heterocycles. The van der Waals surface area contributed by atoms with Gasteiger partial charge in [0.15, 0.2) is 0 Å². The first-order valence-electron chi connectivity index (χ1n) is 7.98. The predicted molar refractivity (Wildman–Crippen MR) is 93.9 cm³/mol. The molecule has 0 saturated heterocycles. The average Bonchev–Trinajstić information content (AvgIpc) is 2.56. The summed E-state index contributed by atoms with van der Waals surface area (Å²) in [6.07, 6.45) is 0. The Bertz CT molecular complexity index is 678. The zero-order chi connectivity index (χ0) is 19.0. The number of amides is 1. The normalized spacial score (nSPS) is 13.0. The van der Waals surface area contributed by atoms with Crippen molar-refractivity contribution in [3.8, 4) is 0 Å². The maximum absolute atomic E-state index is 13.0. The summed E-state index contributed by atoms with van der Waals surface area (Å²) in [5, 5.41) is 11.7. The van der Waals surface area contributed by atoms with E-state index in [-0.39, 0.29) is 32.1 Å². The van der Waals surface area contributed by atoms with Crippen LogP contribution in [-0.2, 0) is 26.3 Å². The standard InChI is InChI=1S/C16H25N3O5S/c1-4-18(12-15-8-6-5-7-9-15)25(23,24)19(13(2)16(21)22)11-10-17-14(3)20/h5-9,13H,4,10-12H2,1-3H3,(H,17,20)(H,21,22). The van der Waals surface area contributed by atoms with Crippen LogP contribution in [0.15, 0.2) is 30.3 Å². The van der Waals surface area contributed by atoms with Crippen LogP contribution in [-0.4, -0.2) is 59.7 Å². The van der Waals surface area contributed by atoms with Gasteiger partial charge in [-0.05, 0) is 12.5 Å². The molecule has 0 aliphatic carbocycles. The van der Waals surface area contributed by atoms with Gasteiger partial charge in [0.25, 0.3) is 10.2 Å². The fraction of sp³-hybridized carbons (Fsp3) is 0.500. The lowest BCUT2D eigenvalue weighted by molar-refractivity contribution is -0.140. The van der Waals surface area contributed by atoms with Crippen LogP contribution in [0.4, 0.5) is 0 Å². The van der Waals surface area contributed by atoms with E-state index in [4.69, 9.17) is 0 Å². The first-order chi connectivity index (χ1) is 11.7. The molecule has 1 aromatic rings. The van der Waals surface area contributed by atoms with Crippen molar-refractivity contribution >= 4 is 22.1 Å². The van der Waals surface area contributed by atoms with Gasteiger partial charge >= 0.3 is 5.97 Å². The molecule has 1 unspecified atom stereocenters. The van der Waals surface area contributed by atoms with Crippen LogP contribution in [0.3, 0.4) is 0 Å². The molecule has 0 fully saturated rings. The van der Waals surface area contributed by atoms with E-state index in [1.165, 1.54) is 18.2 Å². The van der Waals surface area contributed by atoms with Crippen molar-refractivity contribution < 1.29 is 23.1 Å². The number of nitrogens with one attached hydrogen (secondary N) is 1. The Balaban J connectivity index is 3.05. The second-order valence-corrected chi connectivity index (χ2v) is 7.41. The molecule has 0 radical (unpaired) electrons. The topological polar surface area (TPSA) is 107 Å². The minimum atomic E-state index is -4.02. The summed E-state index contributed by atoms with van der Waals surface area (Å²) in [6.45, 7) is 4.56. The third-order valence-electron chi connectivity index (χ3n) is 3.67. The first-order valence-corrected chi connectivity index (χ1v) is 9.38. The van der Waals surface area contributed by atoms with Crippen molar-refractivity contribution in [3.63, 3.8) is 0 Å². The summed E-state index contributed by atoms with van der Waals surface area (Å²) in [5.41, 5.74) is 0.803. The Morgan fingerprint density at radius 1 is 1.24 bits per heavy atom. The van der Waals surface area contributed by atoms with Gasteiger partial charge in [-0.3, -0.25) is 9.59 Å². The molecule has 2 N–H and O–H groups in total. The zero-order valence-corrected chi connectivity index (χ0v) is 15.5.